The van der Waals surface area contributed by atoms with Gasteiger partial charge in [-0.1, -0.05) is 6.92 Å². The molecule has 0 aliphatic rings. The second-order valence-corrected chi connectivity index (χ2v) is 3.42. The van der Waals surface area contributed by atoms with Crippen LogP contribution >= 0.6 is 0 Å². The van der Waals surface area contributed by atoms with Crippen molar-refractivity contribution in [3.63, 3.8) is 0 Å². The second-order valence-electron chi connectivity index (χ2n) is 3.42. The Balaban J connectivity index is 2.24. The largest absolute Gasteiger partial charge is 0.355 e. The highest BCUT2D eigenvalue weighted by molar-refractivity contribution is 5.38. The summed E-state index contributed by atoms with van der Waals surface area (Å²) in [6.07, 6.45) is 8.57. The SMILES string of the molecule is CCCNc1nccn1-c1cnn(C)c1. The molecule has 0 aliphatic heterocycles. The van der Waals surface area contributed by atoms with Gasteiger partial charge in [0.1, 0.15) is 0 Å². The Morgan fingerprint density at radius 3 is 3.00 bits per heavy atom. The fourth-order valence-electron chi connectivity index (χ4n) is 1.41. The molecule has 0 aromatic carbocycles. The molecule has 0 saturated heterocycles. The molecular formula is C10H15N5. The molecule has 0 bridgehead atoms. The van der Waals surface area contributed by atoms with E-state index in [2.05, 4.69) is 22.3 Å². The standard InChI is InChI=1S/C10H15N5/c1-3-4-11-10-12-5-6-15(10)9-7-13-14(2)8-9/h5-8H,3-4H2,1-2H3,(H,11,12). The molecule has 0 amide bonds. The van der Waals surface area contributed by atoms with Crippen molar-refractivity contribution in [2.45, 2.75) is 13.3 Å². The number of nitrogens with one attached hydrogen (secondary N) is 1. The molecule has 0 fully saturated rings. The van der Waals surface area contributed by atoms with Crippen LogP contribution in [0.3, 0.4) is 0 Å². The number of anilines is 1. The van der Waals surface area contributed by atoms with E-state index in [4.69, 9.17) is 0 Å². The molecule has 15 heavy (non-hydrogen) atoms. The van der Waals surface area contributed by atoms with Gasteiger partial charge in [0.25, 0.3) is 0 Å². The van der Waals surface area contributed by atoms with Crippen molar-refractivity contribution in [2.24, 2.45) is 7.05 Å². The lowest BCUT2D eigenvalue weighted by Crippen LogP contribution is -2.06. The van der Waals surface area contributed by atoms with Crippen molar-refractivity contribution in [3.05, 3.63) is 24.8 Å². The fraction of sp³-hybridized carbons (Fsp3) is 0.400. The average molecular weight is 205 g/mol. The number of hydrogen-bond donors (Lipinski definition) is 1. The summed E-state index contributed by atoms with van der Waals surface area (Å²) in [5.41, 5.74) is 1.02. The maximum absolute atomic E-state index is 4.25. The molecule has 5 nitrogen and oxygen atoms in total. The first-order chi connectivity index (χ1) is 7.31. The summed E-state index contributed by atoms with van der Waals surface area (Å²) < 4.78 is 3.77. The van der Waals surface area contributed by atoms with Crippen molar-refractivity contribution in [1.82, 2.24) is 19.3 Å². The highest BCUT2D eigenvalue weighted by atomic mass is 15.3. The van der Waals surface area contributed by atoms with Crippen LogP contribution in [0.25, 0.3) is 5.69 Å². The van der Waals surface area contributed by atoms with Gasteiger partial charge in [0.05, 0.1) is 11.9 Å². The third-order valence-electron chi connectivity index (χ3n) is 2.14. The van der Waals surface area contributed by atoms with Gasteiger partial charge in [-0.05, 0) is 6.42 Å². The summed E-state index contributed by atoms with van der Waals surface area (Å²) in [7, 11) is 1.90. The fourth-order valence-corrected chi connectivity index (χ4v) is 1.41. The minimum absolute atomic E-state index is 0.866. The molecule has 0 atom stereocenters. The van der Waals surface area contributed by atoms with Gasteiger partial charge in [0.15, 0.2) is 0 Å². The van der Waals surface area contributed by atoms with E-state index < -0.39 is 0 Å². The van der Waals surface area contributed by atoms with Crippen LogP contribution in [0.15, 0.2) is 24.8 Å². The molecule has 5 heteroatoms. The van der Waals surface area contributed by atoms with Crippen molar-refractivity contribution in [1.29, 1.82) is 0 Å². The molecule has 0 spiro atoms. The molecule has 2 aromatic heterocycles. The van der Waals surface area contributed by atoms with Crippen LogP contribution in [0, 0.1) is 0 Å². The van der Waals surface area contributed by atoms with Crippen molar-refractivity contribution >= 4 is 5.95 Å². The summed E-state index contributed by atoms with van der Waals surface area (Å²) >= 11 is 0. The van der Waals surface area contributed by atoms with Crippen LogP contribution in [0.4, 0.5) is 5.95 Å². The third kappa shape index (κ3) is 2.01. The van der Waals surface area contributed by atoms with E-state index in [1.165, 1.54) is 0 Å². The molecule has 0 radical (unpaired) electrons. The average Bonchev–Trinajstić information content (AvgIpc) is 2.82. The van der Waals surface area contributed by atoms with Crippen LogP contribution in [-0.2, 0) is 7.05 Å². The maximum atomic E-state index is 4.25. The van der Waals surface area contributed by atoms with E-state index in [9.17, 15) is 0 Å². The van der Waals surface area contributed by atoms with Crippen LogP contribution in [0.2, 0.25) is 0 Å². The van der Waals surface area contributed by atoms with Gasteiger partial charge in [-0.3, -0.25) is 9.25 Å². The molecule has 0 unspecified atom stereocenters. The predicted molar refractivity (Wildman–Crippen MR) is 59.1 cm³/mol. The van der Waals surface area contributed by atoms with E-state index in [0.717, 1.165) is 24.6 Å². The van der Waals surface area contributed by atoms with E-state index in [1.807, 2.05) is 30.2 Å². The van der Waals surface area contributed by atoms with Crippen LogP contribution in [0.1, 0.15) is 13.3 Å². The topological polar surface area (TPSA) is 47.7 Å². The van der Waals surface area contributed by atoms with Crippen molar-refractivity contribution < 1.29 is 0 Å². The second kappa shape index (κ2) is 4.16. The summed E-state index contributed by atoms with van der Waals surface area (Å²) in [5, 5.41) is 7.40. The monoisotopic (exact) mass is 205 g/mol. The van der Waals surface area contributed by atoms with Crippen LogP contribution in [-0.4, -0.2) is 25.9 Å². The highest BCUT2D eigenvalue weighted by Gasteiger charge is 2.04. The Labute approximate surface area is 88.7 Å². The first-order valence-electron chi connectivity index (χ1n) is 5.07. The van der Waals surface area contributed by atoms with Gasteiger partial charge in [-0.25, -0.2) is 4.98 Å². The summed E-state index contributed by atoms with van der Waals surface area (Å²) in [4.78, 5) is 4.25. The molecule has 2 heterocycles. The van der Waals surface area contributed by atoms with E-state index in [-0.39, 0.29) is 0 Å². The molecule has 2 aromatic rings. The van der Waals surface area contributed by atoms with E-state index in [0.29, 0.717) is 0 Å². The summed E-state index contributed by atoms with van der Waals surface area (Å²) in [6.45, 7) is 3.06. The Morgan fingerprint density at radius 1 is 1.47 bits per heavy atom. The first kappa shape index (κ1) is 9.76. The lowest BCUT2D eigenvalue weighted by molar-refractivity contribution is 0.767. The smallest absolute Gasteiger partial charge is 0.207 e. The third-order valence-corrected chi connectivity index (χ3v) is 2.14. The zero-order valence-electron chi connectivity index (χ0n) is 9.01. The number of nitrogens with zero attached hydrogens (tertiary/aromatic N) is 4. The molecular weight excluding hydrogens is 190 g/mol. The lowest BCUT2D eigenvalue weighted by atomic mass is 10.5. The van der Waals surface area contributed by atoms with Gasteiger partial charge in [0.2, 0.25) is 5.95 Å². The number of hydrogen-bond acceptors (Lipinski definition) is 3. The Hall–Kier alpha value is -1.78. The van der Waals surface area contributed by atoms with Gasteiger partial charge in [-0.15, -0.1) is 0 Å². The Morgan fingerprint density at radius 2 is 2.33 bits per heavy atom. The van der Waals surface area contributed by atoms with Gasteiger partial charge in [-0.2, -0.15) is 5.10 Å². The van der Waals surface area contributed by atoms with Crippen LogP contribution < -0.4 is 5.32 Å². The predicted octanol–water partition coefficient (Wildman–Crippen LogP) is 1.43. The lowest BCUT2D eigenvalue weighted by Gasteiger charge is -2.06. The number of aryl methyl sites for hydroxylation is 1. The quantitative estimate of drug-likeness (QED) is 0.821. The zero-order valence-corrected chi connectivity index (χ0v) is 9.01. The minimum Gasteiger partial charge on any atom is -0.355 e. The number of aromatic nitrogens is 4. The molecule has 0 saturated carbocycles. The molecule has 1 N–H and O–H groups in total. The number of imidazole rings is 1. The molecule has 2 rings (SSSR count). The maximum Gasteiger partial charge on any atom is 0.207 e. The van der Waals surface area contributed by atoms with Gasteiger partial charge >= 0.3 is 0 Å². The minimum atomic E-state index is 0.866. The Kier molecular flexibility index (Phi) is 2.71. The van der Waals surface area contributed by atoms with E-state index >= 15 is 0 Å². The first-order valence-corrected chi connectivity index (χ1v) is 5.07. The van der Waals surface area contributed by atoms with Crippen molar-refractivity contribution in [2.75, 3.05) is 11.9 Å². The zero-order chi connectivity index (χ0) is 10.7. The Bertz CT molecular complexity index is 428. The van der Waals surface area contributed by atoms with E-state index in [1.54, 1.807) is 10.9 Å². The van der Waals surface area contributed by atoms with Gasteiger partial charge in [0, 0.05) is 32.2 Å². The van der Waals surface area contributed by atoms with Crippen molar-refractivity contribution in [3.8, 4) is 5.69 Å². The van der Waals surface area contributed by atoms with Crippen LogP contribution in [0.5, 0.6) is 0 Å². The normalized spacial score (nSPS) is 10.5. The number of rotatable bonds is 4. The van der Waals surface area contributed by atoms with Gasteiger partial charge < -0.3 is 5.32 Å². The summed E-state index contributed by atoms with van der Waals surface area (Å²) in [5.74, 6) is 0.866. The highest BCUT2D eigenvalue weighted by Crippen LogP contribution is 2.12. The molecule has 80 valence electrons. The molecule has 0 aliphatic carbocycles. The summed E-state index contributed by atoms with van der Waals surface area (Å²) in [6, 6.07) is 0.